The Labute approximate surface area is 183 Å². The fraction of sp³-hybridized carbons (Fsp3) is 0.679. The third kappa shape index (κ3) is 3.55. The highest BCUT2D eigenvalue weighted by Crippen LogP contribution is 2.63. The van der Waals surface area contributed by atoms with Gasteiger partial charge in [0.15, 0.2) is 0 Å². The molecule has 0 heterocycles. The van der Waals surface area contributed by atoms with Gasteiger partial charge in [-0.1, -0.05) is 63.5 Å². The van der Waals surface area contributed by atoms with E-state index in [2.05, 4.69) is 71.1 Å². The molecule has 2 heteroatoms. The van der Waals surface area contributed by atoms with Gasteiger partial charge < -0.3 is 5.32 Å². The number of amides is 1. The summed E-state index contributed by atoms with van der Waals surface area (Å²) in [7, 11) is 0. The lowest BCUT2D eigenvalue weighted by molar-refractivity contribution is -0.139. The van der Waals surface area contributed by atoms with Crippen LogP contribution in [0.4, 0.5) is 5.69 Å². The highest BCUT2D eigenvalue weighted by Gasteiger charge is 2.57. The van der Waals surface area contributed by atoms with Crippen molar-refractivity contribution >= 4 is 11.6 Å². The van der Waals surface area contributed by atoms with Crippen molar-refractivity contribution in [1.29, 1.82) is 0 Å². The third-order valence-corrected chi connectivity index (χ3v) is 9.25. The maximum Gasteiger partial charge on any atom is 0.230 e. The monoisotopic (exact) mass is 407 g/mol. The Kier molecular flexibility index (Phi) is 5.66. The fourth-order valence-electron chi connectivity index (χ4n) is 7.28. The van der Waals surface area contributed by atoms with E-state index in [4.69, 9.17) is 0 Å². The first kappa shape index (κ1) is 21.7. The molecule has 2 nitrogen and oxygen atoms in total. The second-order valence-electron chi connectivity index (χ2n) is 11.5. The van der Waals surface area contributed by atoms with Crippen LogP contribution in [-0.4, -0.2) is 5.91 Å². The molecule has 0 aromatic heterocycles. The van der Waals surface area contributed by atoms with Gasteiger partial charge in [-0.05, 0) is 93.1 Å². The van der Waals surface area contributed by atoms with E-state index in [1.165, 1.54) is 37.7 Å². The lowest BCUT2D eigenvalue weighted by Crippen LogP contribution is -2.54. The molecule has 5 atom stereocenters. The molecular weight excluding hydrogens is 366 g/mol. The number of hydrogen-bond acceptors (Lipinski definition) is 1. The molecule has 1 amide bonds. The van der Waals surface area contributed by atoms with Gasteiger partial charge in [-0.2, -0.15) is 0 Å². The smallest absolute Gasteiger partial charge is 0.230 e. The zero-order valence-corrected chi connectivity index (χ0v) is 20.0. The van der Waals surface area contributed by atoms with E-state index in [1.807, 2.05) is 0 Å². The van der Waals surface area contributed by atoms with Crippen molar-refractivity contribution in [1.82, 2.24) is 0 Å². The van der Waals surface area contributed by atoms with Crippen LogP contribution in [-0.2, 0) is 4.79 Å². The van der Waals surface area contributed by atoms with E-state index in [1.54, 1.807) is 5.57 Å². The van der Waals surface area contributed by atoms with E-state index < -0.39 is 0 Å². The number of anilines is 1. The number of nitrogens with one attached hydrogen (secondary N) is 1. The van der Waals surface area contributed by atoms with Crippen LogP contribution >= 0.6 is 0 Å². The Hall–Kier alpha value is -1.57. The number of carbonyl (C=O) groups excluding carboxylic acids is 1. The normalized spacial score (nSPS) is 36.0. The predicted octanol–water partition coefficient (Wildman–Crippen LogP) is 7.46. The Bertz CT molecular complexity index is 852. The van der Waals surface area contributed by atoms with Crippen molar-refractivity contribution < 1.29 is 4.79 Å². The van der Waals surface area contributed by atoms with E-state index in [0.717, 1.165) is 35.9 Å². The molecular formula is C28H41NO. The van der Waals surface area contributed by atoms with Crippen LogP contribution in [0.5, 0.6) is 0 Å². The zero-order chi connectivity index (χ0) is 21.7. The second-order valence-corrected chi connectivity index (χ2v) is 11.5. The summed E-state index contributed by atoms with van der Waals surface area (Å²) >= 11 is 0. The number of fused-ring (bicyclic) bond motifs is 3. The number of rotatable bonds is 3. The lowest BCUT2D eigenvalue weighted by Gasteiger charge is -2.58. The molecule has 0 bridgehead atoms. The van der Waals surface area contributed by atoms with E-state index in [-0.39, 0.29) is 16.7 Å². The zero-order valence-electron chi connectivity index (χ0n) is 20.0. The van der Waals surface area contributed by atoms with Crippen LogP contribution in [0.1, 0.15) is 83.8 Å². The Morgan fingerprint density at radius 2 is 1.90 bits per heavy atom. The van der Waals surface area contributed by atoms with Crippen LogP contribution in [0.25, 0.3) is 0 Å². The second kappa shape index (κ2) is 7.84. The van der Waals surface area contributed by atoms with Gasteiger partial charge in [0.05, 0.1) is 5.41 Å². The quantitative estimate of drug-likeness (QED) is 0.518. The first-order valence-electron chi connectivity index (χ1n) is 12.2. The van der Waals surface area contributed by atoms with Gasteiger partial charge in [0, 0.05) is 5.69 Å². The fourth-order valence-corrected chi connectivity index (χ4v) is 7.28. The van der Waals surface area contributed by atoms with Crippen LogP contribution in [0, 0.1) is 48.3 Å². The SMILES string of the molecule is Cc1ccc(NC(=O)[C@]2(C)CCC[C@@]3(C)[C@H]2CC=C2CC(C(C)C)CC[C@@H]23)c(C)c1. The lowest BCUT2D eigenvalue weighted by atomic mass is 9.46. The number of benzene rings is 1. The minimum atomic E-state index is -0.290. The van der Waals surface area contributed by atoms with Crippen molar-refractivity contribution in [2.45, 2.75) is 86.5 Å². The molecule has 0 radical (unpaired) electrons. The summed E-state index contributed by atoms with van der Waals surface area (Å²) in [4.78, 5) is 13.7. The summed E-state index contributed by atoms with van der Waals surface area (Å²) < 4.78 is 0. The topological polar surface area (TPSA) is 29.1 Å². The first-order valence-corrected chi connectivity index (χ1v) is 12.2. The summed E-state index contributed by atoms with van der Waals surface area (Å²) in [6.45, 7) is 13.7. The van der Waals surface area contributed by atoms with Gasteiger partial charge in [-0.15, -0.1) is 0 Å². The summed E-state index contributed by atoms with van der Waals surface area (Å²) in [5, 5.41) is 3.33. The Morgan fingerprint density at radius 1 is 1.13 bits per heavy atom. The molecule has 1 N–H and O–H groups in total. The molecule has 1 aromatic carbocycles. The summed E-state index contributed by atoms with van der Waals surface area (Å²) in [6, 6.07) is 6.32. The van der Waals surface area contributed by atoms with Gasteiger partial charge in [-0.25, -0.2) is 0 Å². The third-order valence-electron chi connectivity index (χ3n) is 9.25. The number of aryl methyl sites for hydroxylation is 2. The molecule has 0 spiro atoms. The molecule has 2 fully saturated rings. The molecule has 3 aliphatic rings. The molecule has 2 saturated carbocycles. The molecule has 164 valence electrons. The largest absolute Gasteiger partial charge is 0.325 e. The standard InChI is InChI=1S/C28H41NO/c1-18(2)21-9-11-23-22(17-21)10-13-25-27(23,5)14-7-15-28(25,6)26(30)29-24-12-8-19(3)16-20(24)4/h8,10,12,16,18,21,23,25H,7,9,11,13-15,17H2,1-6H3,(H,29,30)/t21?,23-,25+,27+,28+/m0/s1. The van der Waals surface area contributed by atoms with Crippen LogP contribution in [0.15, 0.2) is 29.8 Å². The number of carbonyl (C=O) groups is 1. The number of allylic oxidation sites excluding steroid dienone is 2. The molecule has 0 aliphatic heterocycles. The van der Waals surface area contributed by atoms with Gasteiger partial charge in [0.2, 0.25) is 5.91 Å². The molecule has 1 aromatic rings. The van der Waals surface area contributed by atoms with Gasteiger partial charge >= 0.3 is 0 Å². The van der Waals surface area contributed by atoms with Gasteiger partial charge in [0.1, 0.15) is 0 Å². The predicted molar refractivity (Wildman–Crippen MR) is 126 cm³/mol. The Morgan fingerprint density at radius 3 is 2.60 bits per heavy atom. The molecule has 4 rings (SSSR count). The van der Waals surface area contributed by atoms with Crippen molar-refractivity contribution in [2.75, 3.05) is 5.32 Å². The van der Waals surface area contributed by atoms with Crippen molar-refractivity contribution in [3.8, 4) is 0 Å². The summed E-state index contributed by atoms with van der Waals surface area (Å²) in [5.41, 5.74) is 5.06. The van der Waals surface area contributed by atoms with E-state index in [0.29, 0.717) is 11.8 Å². The van der Waals surface area contributed by atoms with E-state index in [9.17, 15) is 4.79 Å². The maximum atomic E-state index is 13.7. The highest BCUT2D eigenvalue weighted by molar-refractivity contribution is 5.96. The van der Waals surface area contributed by atoms with Crippen molar-refractivity contribution in [2.24, 2.45) is 34.5 Å². The van der Waals surface area contributed by atoms with Crippen LogP contribution in [0.3, 0.4) is 0 Å². The highest BCUT2D eigenvalue weighted by atomic mass is 16.2. The van der Waals surface area contributed by atoms with Crippen molar-refractivity contribution in [3.05, 3.63) is 41.0 Å². The average Bonchev–Trinajstić information content (AvgIpc) is 2.69. The minimum absolute atomic E-state index is 0.234. The summed E-state index contributed by atoms with van der Waals surface area (Å²) in [5.74, 6) is 2.97. The average molecular weight is 408 g/mol. The Balaban J connectivity index is 1.60. The van der Waals surface area contributed by atoms with Crippen LogP contribution in [0.2, 0.25) is 0 Å². The van der Waals surface area contributed by atoms with Crippen LogP contribution < -0.4 is 5.32 Å². The summed E-state index contributed by atoms with van der Waals surface area (Å²) in [6.07, 6.45) is 11.0. The number of hydrogen-bond donors (Lipinski definition) is 1. The molecule has 1 unspecified atom stereocenters. The van der Waals surface area contributed by atoms with Gasteiger partial charge in [-0.3, -0.25) is 4.79 Å². The van der Waals surface area contributed by atoms with Gasteiger partial charge in [0.25, 0.3) is 0 Å². The van der Waals surface area contributed by atoms with Crippen molar-refractivity contribution in [3.63, 3.8) is 0 Å². The molecule has 30 heavy (non-hydrogen) atoms. The molecule has 3 aliphatic carbocycles. The minimum Gasteiger partial charge on any atom is -0.325 e. The maximum absolute atomic E-state index is 13.7. The first-order chi connectivity index (χ1) is 14.1. The van der Waals surface area contributed by atoms with E-state index >= 15 is 0 Å². The molecule has 0 saturated heterocycles.